The van der Waals surface area contributed by atoms with Crippen LogP contribution in [0, 0.1) is 0 Å². The van der Waals surface area contributed by atoms with Crippen LogP contribution >= 0.6 is 11.6 Å². The number of hydrogen-bond donors (Lipinski definition) is 0. The summed E-state index contributed by atoms with van der Waals surface area (Å²) in [5, 5.41) is 1.24. The number of aromatic nitrogens is 2. The maximum absolute atomic E-state index is 13.0. The molecule has 1 saturated heterocycles. The molecule has 0 unspecified atom stereocenters. The fraction of sp³-hybridized carbons (Fsp3) is 0.467. The average Bonchev–Trinajstić information content (AvgIpc) is 2.54. The molecular formula is C15H16ClF2N3O. The van der Waals surface area contributed by atoms with Crippen LogP contribution in [-0.2, 0) is 4.74 Å². The topological polar surface area (TPSA) is 38.2 Å². The predicted octanol–water partition coefficient (Wildman–Crippen LogP) is 3.84. The Balaban J connectivity index is 2.04. The lowest BCUT2D eigenvalue weighted by atomic mass is 10.1. The van der Waals surface area contributed by atoms with E-state index < -0.39 is 12.2 Å². The summed E-state index contributed by atoms with van der Waals surface area (Å²) in [4.78, 5) is 10.0. The molecule has 3 rings (SSSR count). The van der Waals surface area contributed by atoms with Crippen molar-refractivity contribution in [2.24, 2.45) is 0 Å². The minimum Gasteiger partial charge on any atom is -0.381 e. The van der Waals surface area contributed by atoms with Crippen LogP contribution in [0.2, 0.25) is 5.02 Å². The van der Waals surface area contributed by atoms with Crippen LogP contribution < -0.4 is 4.90 Å². The van der Waals surface area contributed by atoms with E-state index in [0.29, 0.717) is 34.8 Å². The molecule has 2 heterocycles. The van der Waals surface area contributed by atoms with Gasteiger partial charge < -0.3 is 9.64 Å². The first-order valence-corrected chi connectivity index (χ1v) is 7.49. The molecule has 0 spiro atoms. The number of anilines is 1. The molecule has 0 bridgehead atoms. The molecule has 1 aliphatic heterocycles. The van der Waals surface area contributed by atoms with Gasteiger partial charge in [-0.05, 0) is 31.0 Å². The molecule has 1 aromatic carbocycles. The highest BCUT2D eigenvalue weighted by Crippen LogP contribution is 2.31. The van der Waals surface area contributed by atoms with Gasteiger partial charge >= 0.3 is 0 Å². The number of rotatable bonds is 3. The lowest BCUT2D eigenvalue weighted by Gasteiger charge is -2.32. The summed E-state index contributed by atoms with van der Waals surface area (Å²) < 4.78 is 31.4. The van der Waals surface area contributed by atoms with Crippen LogP contribution in [0.15, 0.2) is 18.2 Å². The van der Waals surface area contributed by atoms with Crippen LogP contribution in [0.1, 0.15) is 25.1 Å². The predicted molar refractivity (Wildman–Crippen MR) is 81.7 cm³/mol. The Morgan fingerprint density at radius 2 is 2.00 bits per heavy atom. The van der Waals surface area contributed by atoms with Gasteiger partial charge in [0.2, 0.25) is 0 Å². The van der Waals surface area contributed by atoms with Gasteiger partial charge in [0.25, 0.3) is 6.43 Å². The summed E-state index contributed by atoms with van der Waals surface area (Å²) in [6.45, 7) is 1.42. The van der Waals surface area contributed by atoms with Crippen molar-refractivity contribution in [1.29, 1.82) is 0 Å². The number of hydrogen-bond acceptors (Lipinski definition) is 4. The molecule has 1 aromatic heterocycles. The van der Waals surface area contributed by atoms with Gasteiger partial charge in [-0.1, -0.05) is 11.6 Å². The number of piperidine rings is 1. The van der Waals surface area contributed by atoms with Crippen LogP contribution in [-0.4, -0.2) is 36.3 Å². The minimum atomic E-state index is -2.70. The molecule has 1 aliphatic rings. The molecule has 4 nitrogen and oxygen atoms in total. The number of methoxy groups -OCH3 is 1. The van der Waals surface area contributed by atoms with E-state index in [2.05, 4.69) is 9.97 Å². The third kappa shape index (κ3) is 2.98. The Bertz CT molecular complexity index is 675. The standard InChI is InChI=1S/C15H16ClF2N3O/c1-22-10-4-6-21(7-5-10)15-11-8-9(16)2-3-12(11)19-14(20-15)13(17)18/h2-3,8,10,13H,4-7H2,1H3. The number of fused-ring (bicyclic) bond motifs is 1. The molecule has 0 amide bonds. The quantitative estimate of drug-likeness (QED) is 0.858. The third-order valence-corrected chi connectivity index (χ3v) is 4.16. The van der Waals surface area contributed by atoms with Crippen molar-refractivity contribution in [3.63, 3.8) is 0 Å². The Morgan fingerprint density at radius 1 is 1.27 bits per heavy atom. The normalized spacial score (nSPS) is 16.7. The van der Waals surface area contributed by atoms with Gasteiger partial charge in [-0.25, -0.2) is 18.7 Å². The highest BCUT2D eigenvalue weighted by atomic mass is 35.5. The van der Waals surface area contributed by atoms with Crippen molar-refractivity contribution < 1.29 is 13.5 Å². The molecule has 0 saturated carbocycles. The monoisotopic (exact) mass is 327 g/mol. The van der Waals surface area contributed by atoms with Crippen molar-refractivity contribution in [2.45, 2.75) is 25.4 Å². The Kier molecular flexibility index (Phi) is 4.40. The number of halogens is 3. The van der Waals surface area contributed by atoms with E-state index >= 15 is 0 Å². The van der Waals surface area contributed by atoms with E-state index in [-0.39, 0.29) is 6.10 Å². The van der Waals surface area contributed by atoms with Gasteiger partial charge in [0.05, 0.1) is 11.6 Å². The summed E-state index contributed by atoms with van der Waals surface area (Å²) >= 11 is 6.04. The van der Waals surface area contributed by atoms with Crippen molar-refractivity contribution in [3.05, 3.63) is 29.0 Å². The van der Waals surface area contributed by atoms with E-state index in [1.54, 1.807) is 25.3 Å². The van der Waals surface area contributed by atoms with Gasteiger partial charge in [0.15, 0.2) is 5.82 Å². The Labute approximate surface area is 132 Å². The first kappa shape index (κ1) is 15.4. The van der Waals surface area contributed by atoms with E-state index in [9.17, 15) is 8.78 Å². The summed E-state index contributed by atoms with van der Waals surface area (Å²) in [6.07, 6.45) is -0.808. The van der Waals surface area contributed by atoms with Gasteiger partial charge in [-0.3, -0.25) is 0 Å². The van der Waals surface area contributed by atoms with Crippen LogP contribution in [0.5, 0.6) is 0 Å². The van der Waals surface area contributed by atoms with Crippen molar-refractivity contribution >= 4 is 28.3 Å². The first-order chi connectivity index (χ1) is 10.6. The number of alkyl halides is 2. The lowest BCUT2D eigenvalue weighted by molar-refractivity contribution is 0.0817. The van der Waals surface area contributed by atoms with E-state index in [0.717, 1.165) is 12.8 Å². The Morgan fingerprint density at radius 3 is 2.64 bits per heavy atom. The fourth-order valence-electron chi connectivity index (χ4n) is 2.74. The fourth-order valence-corrected chi connectivity index (χ4v) is 2.92. The maximum Gasteiger partial charge on any atom is 0.297 e. The maximum atomic E-state index is 13.0. The molecule has 1 fully saturated rings. The zero-order chi connectivity index (χ0) is 15.7. The second-order valence-electron chi connectivity index (χ2n) is 5.29. The SMILES string of the molecule is COC1CCN(c2nc(C(F)F)nc3ccc(Cl)cc23)CC1. The third-order valence-electron chi connectivity index (χ3n) is 3.92. The summed E-state index contributed by atoms with van der Waals surface area (Å²) in [7, 11) is 1.69. The summed E-state index contributed by atoms with van der Waals surface area (Å²) in [5.41, 5.74) is 0.485. The highest BCUT2D eigenvalue weighted by Gasteiger charge is 2.23. The van der Waals surface area contributed by atoms with Gasteiger partial charge in [-0.15, -0.1) is 0 Å². The first-order valence-electron chi connectivity index (χ1n) is 7.11. The largest absolute Gasteiger partial charge is 0.381 e. The van der Waals surface area contributed by atoms with E-state index in [1.165, 1.54) is 0 Å². The van der Waals surface area contributed by atoms with Crippen molar-refractivity contribution in [3.8, 4) is 0 Å². The molecule has 7 heteroatoms. The lowest BCUT2D eigenvalue weighted by Crippen LogP contribution is -2.37. The Hall–Kier alpha value is -1.53. The molecule has 0 aliphatic carbocycles. The smallest absolute Gasteiger partial charge is 0.297 e. The van der Waals surface area contributed by atoms with Crippen molar-refractivity contribution in [2.75, 3.05) is 25.1 Å². The summed E-state index contributed by atoms with van der Waals surface area (Å²) in [5.74, 6) is 0.0797. The number of ether oxygens (including phenoxy) is 1. The van der Waals surface area contributed by atoms with Gasteiger partial charge in [0.1, 0.15) is 5.82 Å². The van der Waals surface area contributed by atoms with Crippen LogP contribution in [0.4, 0.5) is 14.6 Å². The van der Waals surface area contributed by atoms with Gasteiger partial charge in [0, 0.05) is 30.6 Å². The number of benzene rings is 1. The highest BCUT2D eigenvalue weighted by molar-refractivity contribution is 6.31. The molecule has 0 radical (unpaired) electrons. The van der Waals surface area contributed by atoms with Gasteiger partial charge in [-0.2, -0.15) is 0 Å². The molecule has 2 aromatic rings. The van der Waals surface area contributed by atoms with E-state index in [1.807, 2.05) is 4.90 Å². The minimum absolute atomic E-state index is 0.211. The second-order valence-corrected chi connectivity index (χ2v) is 5.73. The molecule has 22 heavy (non-hydrogen) atoms. The van der Waals surface area contributed by atoms with Crippen LogP contribution in [0.25, 0.3) is 10.9 Å². The average molecular weight is 328 g/mol. The number of nitrogens with zero attached hydrogens (tertiary/aromatic N) is 3. The zero-order valence-electron chi connectivity index (χ0n) is 12.1. The van der Waals surface area contributed by atoms with Crippen molar-refractivity contribution in [1.82, 2.24) is 9.97 Å². The summed E-state index contributed by atoms with van der Waals surface area (Å²) in [6, 6.07) is 5.02. The molecule has 0 N–H and O–H groups in total. The zero-order valence-corrected chi connectivity index (χ0v) is 12.9. The van der Waals surface area contributed by atoms with Crippen LogP contribution in [0.3, 0.4) is 0 Å². The van der Waals surface area contributed by atoms with E-state index in [4.69, 9.17) is 16.3 Å². The molecular weight excluding hydrogens is 312 g/mol. The second kappa shape index (κ2) is 6.30. The molecule has 0 atom stereocenters. The molecule has 118 valence electrons.